The van der Waals surface area contributed by atoms with Gasteiger partial charge in [-0.15, -0.1) is 0 Å². The maximum atomic E-state index is 12.3. The largest absolute Gasteiger partial charge is 0.501 e. The van der Waals surface area contributed by atoms with E-state index in [2.05, 4.69) is 5.16 Å². The van der Waals surface area contributed by atoms with Gasteiger partial charge in [0.2, 0.25) is 5.91 Å². The van der Waals surface area contributed by atoms with E-state index < -0.39 is 0 Å². The van der Waals surface area contributed by atoms with Gasteiger partial charge in [-0.25, -0.2) is 0 Å². The van der Waals surface area contributed by atoms with E-state index >= 15 is 0 Å². The smallest absolute Gasteiger partial charge is 0.226 e. The van der Waals surface area contributed by atoms with E-state index in [0.717, 1.165) is 18.4 Å². The van der Waals surface area contributed by atoms with E-state index in [1.807, 2.05) is 6.92 Å². The number of carbonyl (C=O) groups excluding carboxylic acids is 2. The molecule has 0 aromatic carbocycles. The van der Waals surface area contributed by atoms with Gasteiger partial charge in [-0.3, -0.25) is 9.59 Å². The Bertz CT molecular complexity index is 455. The van der Waals surface area contributed by atoms with E-state index in [9.17, 15) is 9.59 Å². The third kappa shape index (κ3) is 5.16. The number of hydrogen-bond acceptors (Lipinski definition) is 5. The molecule has 1 rings (SSSR count). The minimum Gasteiger partial charge on any atom is -0.501 e. The Hall–Kier alpha value is -1.85. The standard InChI is InChI=1S/C16H26N2O4/c1-5-22-17-9-7-6-8-13-14(19)10-12(11-15(13)21-4)16(20)18(2)3/h9,12H,5-8,10-11H2,1-4H3. The number of hydrogen-bond donors (Lipinski definition) is 0. The first-order valence-corrected chi connectivity index (χ1v) is 7.65. The summed E-state index contributed by atoms with van der Waals surface area (Å²) in [5, 5.41) is 3.78. The Balaban J connectivity index is 2.64. The van der Waals surface area contributed by atoms with Crippen molar-refractivity contribution in [2.45, 2.75) is 39.0 Å². The number of allylic oxidation sites excluding steroid dienone is 2. The van der Waals surface area contributed by atoms with Gasteiger partial charge in [-0.2, -0.15) is 0 Å². The quantitative estimate of drug-likeness (QED) is 0.391. The summed E-state index contributed by atoms with van der Waals surface area (Å²) in [5.41, 5.74) is 0.718. The fraction of sp³-hybridized carbons (Fsp3) is 0.688. The molecular formula is C16H26N2O4. The predicted molar refractivity (Wildman–Crippen MR) is 84.4 cm³/mol. The second-order valence-corrected chi connectivity index (χ2v) is 5.46. The fourth-order valence-corrected chi connectivity index (χ4v) is 2.50. The van der Waals surface area contributed by atoms with Crippen LogP contribution in [0, 0.1) is 5.92 Å². The van der Waals surface area contributed by atoms with Crippen LogP contribution in [0.25, 0.3) is 0 Å². The van der Waals surface area contributed by atoms with E-state index in [-0.39, 0.29) is 24.0 Å². The summed E-state index contributed by atoms with van der Waals surface area (Å²) in [4.78, 5) is 30.7. The molecule has 0 saturated heterocycles. The van der Waals surface area contributed by atoms with Crippen LogP contribution in [-0.4, -0.2) is 50.6 Å². The van der Waals surface area contributed by atoms with Crippen molar-refractivity contribution in [3.63, 3.8) is 0 Å². The monoisotopic (exact) mass is 310 g/mol. The predicted octanol–water partition coefficient (Wildman–Crippen LogP) is 2.15. The van der Waals surface area contributed by atoms with Gasteiger partial charge in [0.05, 0.1) is 13.0 Å². The van der Waals surface area contributed by atoms with Crippen molar-refractivity contribution in [2.75, 3.05) is 27.8 Å². The first-order chi connectivity index (χ1) is 10.5. The summed E-state index contributed by atoms with van der Waals surface area (Å²) < 4.78 is 5.36. The maximum absolute atomic E-state index is 12.3. The second-order valence-electron chi connectivity index (χ2n) is 5.46. The highest BCUT2D eigenvalue weighted by Gasteiger charge is 2.32. The average Bonchev–Trinajstić information content (AvgIpc) is 2.50. The van der Waals surface area contributed by atoms with Crippen LogP contribution in [0.5, 0.6) is 0 Å². The van der Waals surface area contributed by atoms with Crippen LogP contribution in [0.3, 0.4) is 0 Å². The van der Waals surface area contributed by atoms with Gasteiger partial charge >= 0.3 is 0 Å². The zero-order valence-electron chi connectivity index (χ0n) is 13.9. The van der Waals surface area contributed by atoms with Crippen molar-refractivity contribution in [1.29, 1.82) is 0 Å². The van der Waals surface area contributed by atoms with Gasteiger partial charge in [0.15, 0.2) is 5.78 Å². The van der Waals surface area contributed by atoms with Crippen LogP contribution in [-0.2, 0) is 19.2 Å². The van der Waals surface area contributed by atoms with Crippen molar-refractivity contribution in [3.05, 3.63) is 11.3 Å². The lowest BCUT2D eigenvalue weighted by Gasteiger charge is -2.26. The van der Waals surface area contributed by atoms with E-state index in [4.69, 9.17) is 9.57 Å². The molecule has 1 aliphatic rings. The zero-order chi connectivity index (χ0) is 16.5. The SMILES string of the molecule is CCON=CCCCC1=C(OC)CC(C(=O)N(C)C)CC1=O. The third-order valence-electron chi connectivity index (χ3n) is 3.61. The molecular weight excluding hydrogens is 284 g/mol. The number of amides is 1. The summed E-state index contributed by atoms with van der Waals surface area (Å²) >= 11 is 0. The number of unbranched alkanes of at least 4 members (excludes halogenated alkanes) is 1. The van der Waals surface area contributed by atoms with Gasteiger partial charge in [0.25, 0.3) is 0 Å². The fourth-order valence-electron chi connectivity index (χ4n) is 2.50. The van der Waals surface area contributed by atoms with Crippen LogP contribution in [0.4, 0.5) is 0 Å². The number of ether oxygens (including phenoxy) is 1. The summed E-state index contributed by atoms with van der Waals surface area (Å²) in [6.07, 6.45) is 4.67. The van der Waals surface area contributed by atoms with Crippen LogP contribution in [0.1, 0.15) is 39.0 Å². The molecule has 1 unspecified atom stereocenters. The molecule has 1 amide bonds. The number of carbonyl (C=O) groups is 2. The average molecular weight is 310 g/mol. The van der Waals surface area contributed by atoms with Crippen LogP contribution < -0.4 is 0 Å². The van der Waals surface area contributed by atoms with Crippen molar-refractivity contribution in [3.8, 4) is 0 Å². The van der Waals surface area contributed by atoms with Gasteiger partial charge in [0.1, 0.15) is 12.4 Å². The zero-order valence-corrected chi connectivity index (χ0v) is 13.9. The Morgan fingerprint density at radius 3 is 2.73 bits per heavy atom. The highest BCUT2D eigenvalue weighted by atomic mass is 16.6. The molecule has 124 valence electrons. The summed E-state index contributed by atoms with van der Waals surface area (Å²) in [6, 6.07) is 0. The number of oxime groups is 1. The van der Waals surface area contributed by atoms with Crippen LogP contribution in [0.2, 0.25) is 0 Å². The second kappa shape index (κ2) is 9.23. The van der Waals surface area contributed by atoms with Crippen molar-refractivity contribution in [2.24, 2.45) is 11.1 Å². The van der Waals surface area contributed by atoms with Crippen LogP contribution in [0.15, 0.2) is 16.5 Å². The van der Waals surface area contributed by atoms with Gasteiger partial charge < -0.3 is 14.5 Å². The van der Waals surface area contributed by atoms with Crippen LogP contribution >= 0.6 is 0 Å². The minimum atomic E-state index is -0.305. The molecule has 0 heterocycles. The Labute approximate surface area is 132 Å². The maximum Gasteiger partial charge on any atom is 0.226 e. The van der Waals surface area contributed by atoms with E-state index in [0.29, 0.717) is 25.2 Å². The molecule has 0 N–H and O–H groups in total. The molecule has 0 radical (unpaired) electrons. The van der Waals surface area contributed by atoms with Crippen molar-refractivity contribution in [1.82, 2.24) is 4.90 Å². The Morgan fingerprint density at radius 2 is 2.14 bits per heavy atom. The Kier molecular flexibility index (Phi) is 7.63. The minimum absolute atomic E-state index is 0.0186. The normalized spacial score (nSPS) is 18.7. The van der Waals surface area contributed by atoms with Gasteiger partial charge in [-0.1, -0.05) is 5.16 Å². The molecule has 0 aromatic heterocycles. The van der Waals surface area contributed by atoms with Crippen molar-refractivity contribution >= 4 is 17.9 Å². The molecule has 1 aliphatic carbocycles. The number of methoxy groups -OCH3 is 1. The lowest BCUT2D eigenvalue weighted by Crippen LogP contribution is -2.34. The lowest BCUT2D eigenvalue weighted by molar-refractivity contribution is -0.136. The first kappa shape index (κ1) is 18.2. The molecule has 22 heavy (non-hydrogen) atoms. The highest BCUT2D eigenvalue weighted by molar-refractivity contribution is 5.99. The molecule has 6 heteroatoms. The molecule has 6 nitrogen and oxygen atoms in total. The molecule has 1 atom stereocenters. The van der Waals surface area contributed by atoms with Gasteiger partial charge in [0, 0.05) is 38.7 Å². The molecule has 0 fully saturated rings. The molecule has 0 spiro atoms. The first-order valence-electron chi connectivity index (χ1n) is 7.65. The number of Topliss-reactive ketones (excluding diaryl/α,β-unsaturated/α-hetero) is 1. The molecule has 0 saturated carbocycles. The van der Waals surface area contributed by atoms with E-state index in [1.54, 1.807) is 27.4 Å². The summed E-state index contributed by atoms with van der Waals surface area (Å²) in [6.45, 7) is 2.43. The molecule has 0 aromatic rings. The molecule has 0 aliphatic heterocycles. The van der Waals surface area contributed by atoms with Gasteiger partial charge in [-0.05, 0) is 26.2 Å². The number of rotatable bonds is 8. The molecule has 0 bridgehead atoms. The third-order valence-corrected chi connectivity index (χ3v) is 3.61. The highest BCUT2D eigenvalue weighted by Crippen LogP contribution is 2.31. The summed E-state index contributed by atoms with van der Waals surface area (Å²) in [5.74, 6) is 0.342. The lowest BCUT2D eigenvalue weighted by atomic mass is 9.84. The van der Waals surface area contributed by atoms with Crippen molar-refractivity contribution < 1.29 is 19.2 Å². The van der Waals surface area contributed by atoms with E-state index in [1.165, 1.54) is 4.90 Å². The number of nitrogens with zero attached hydrogens (tertiary/aromatic N) is 2. The Morgan fingerprint density at radius 1 is 1.41 bits per heavy atom. The summed E-state index contributed by atoms with van der Waals surface area (Å²) in [7, 11) is 4.97. The topological polar surface area (TPSA) is 68.2 Å². The number of ketones is 1.